The Labute approximate surface area is 57.3 Å². The van der Waals surface area contributed by atoms with E-state index in [9.17, 15) is 13.2 Å². The topological polar surface area (TPSA) is 114 Å². The van der Waals surface area contributed by atoms with Gasteiger partial charge in [0.2, 0.25) is 5.91 Å². The van der Waals surface area contributed by atoms with Crippen LogP contribution in [0.15, 0.2) is 0 Å². The van der Waals surface area contributed by atoms with Gasteiger partial charge in [0.05, 0.1) is 6.54 Å². The van der Waals surface area contributed by atoms with Gasteiger partial charge >= 0.3 is 10.2 Å². The highest BCUT2D eigenvalue weighted by Crippen LogP contribution is 2.03. The minimum atomic E-state index is -3.29. The van der Waals surface area contributed by atoms with Crippen LogP contribution in [-0.2, 0) is 15.0 Å². The summed E-state index contributed by atoms with van der Waals surface area (Å²) in [5.74, 6) is -0.621. The molecule has 1 heterocycles. The second-order valence-corrected chi connectivity index (χ2v) is 3.16. The molecule has 10 heavy (non-hydrogen) atoms. The molecular weight excluding hydrogens is 160 g/mol. The average molecular weight is 166 g/mol. The summed E-state index contributed by atoms with van der Waals surface area (Å²) >= 11 is 0. The van der Waals surface area contributed by atoms with E-state index in [1.165, 1.54) is 0 Å². The molecular formula is C2H6N4O3S. The predicted molar refractivity (Wildman–Crippen MR) is 31.1 cm³/mol. The van der Waals surface area contributed by atoms with Crippen LogP contribution in [0.5, 0.6) is 0 Å². The van der Waals surface area contributed by atoms with Crippen molar-refractivity contribution in [2.45, 2.75) is 0 Å². The Morgan fingerprint density at radius 1 is 1.70 bits per heavy atom. The number of nitrogens with one attached hydrogen (secondary N) is 2. The first-order valence-corrected chi connectivity index (χ1v) is 3.81. The number of rotatable bonds is 3. The molecule has 1 aliphatic rings. The molecule has 1 atom stereocenters. The third-order valence-electron chi connectivity index (χ3n) is 0.803. The highest BCUT2D eigenvalue weighted by molar-refractivity contribution is 7.92. The second kappa shape index (κ2) is 2.16. The zero-order valence-corrected chi connectivity index (χ0v) is 5.68. The number of nitrogens with zero attached hydrogens (tertiary/aromatic N) is 1. The summed E-state index contributed by atoms with van der Waals surface area (Å²) < 4.78 is 21.3. The maximum atomic E-state index is 10.3. The zero-order chi connectivity index (χ0) is 7.78. The maximum absolute atomic E-state index is 10.3. The van der Waals surface area contributed by atoms with Crippen molar-refractivity contribution in [3.8, 4) is 0 Å². The van der Waals surface area contributed by atoms with E-state index < -0.39 is 16.1 Å². The quantitative estimate of drug-likeness (QED) is 0.388. The Hall–Kier alpha value is -0.700. The molecule has 58 valence electrons. The number of nitrogens with two attached hydrogens (primary N) is 1. The van der Waals surface area contributed by atoms with Crippen LogP contribution in [0.2, 0.25) is 0 Å². The molecule has 0 saturated carbocycles. The molecule has 1 rings (SSSR count). The van der Waals surface area contributed by atoms with Crippen molar-refractivity contribution >= 4 is 16.1 Å². The van der Waals surface area contributed by atoms with Gasteiger partial charge in [0.25, 0.3) is 0 Å². The number of carbonyl (C=O) groups excluding carboxylic acids is 1. The first-order valence-electron chi connectivity index (χ1n) is 2.37. The van der Waals surface area contributed by atoms with Gasteiger partial charge in [0.15, 0.2) is 0 Å². The van der Waals surface area contributed by atoms with E-state index >= 15 is 0 Å². The van der Waals surface area contributed by atoms with Crippen LogP contribution in [0.25, 0.3) is 0 Å². The van der Waals surface area contributed by atoms with Crippen molar-refractivity contribution in [1.29, 1.82) is 0 Å². The van der Waals surface area contributed by atoms with Crippen molar-refractivity contribution in [3.05, 3.63) is 0 Å². The standard InChI is InChI=1S/C2H6N4O3S/c3-2(7)1-4-6-5-10(6,8)9/h4-5H,1H2,(H2,3,7). The zero-order valence-electron chi connectivity index (χ0n) is 4.86. The smallest absolute Gasteiger partial charge is 0.321 e. The molecule has 1 saturated heterocycles. The average Bonchev–Trinajstić information content (AvgIpc) is 2.35. The van der Waals surface area contributed by atoms with E-state index in [1.807, 2.05) is 4.83 Å². The molecule has 1 fully saturated rings. The normalized spacial score (nSPS) is 27.8. The first-order chi connectivity index (χ1) is 4.52. The van der Waals surface area contributed by atoms with Crippen molar-refractivity contribution in [2.75, 3.05) is 6.54 Å². The molecule has 0 aromatic rings. The molecule has 0 aliphatic carbocycles. The monoisotopic (exact) mass is 166 g/mol. The number of hydrogen-bond acceptors (Lipinski definition) is 4. The summed E-state index contributed by atoms with van der Waals surface area (Å²) in [6.45, 7) is -0.202. The van der Waals surface area contributed by atoms with Gasteiger partial charge in [0.1, 0.15) is 0 Å². The molecule has 0 spiro atoms. The van der Waals surface area contributed by atoms with Gasteiger partial charge in [0, 0.05) is 0 Å². The molecule has 0 radical (unpaired) electrons. The third kappa shape index (κ3) is 1.64. The van der Waals surface area contributed by atoms with Gasteiger partial charge in [-0.25, -0.2) is 5.43 Å². The van der Waals surface area contributed by atoms with E-state index in [0.29, 0.717) is 4.52 Å². The van der Waals surface area contributed by atoms with E-state index in [2.05, 4.69) is 5.43 Å². The molecule has 4 N–H and O–H groups in total. The first kappa shape index (κ1) is 7.41. The predicted octanol–water partition coefficient (Wildman–Crippen LogP) is -2.96. The van der Waals surface area contributed by atoms with Crippen molar-refractivity contribution in [1.82, 2.24) is 14.8 Å². The Balaban J connectivity index is 2.26. The summed E-state index contributed by atoms with van der Waals surface area (Å²) in [6, 6.07) is 0. The van der Waals surface area contributed by atoms with Crippen LogP contribution < -0.4 is 16.0 Å². The van der Waals surface area contributed by atoms with Gasteiger partial charge in [-0.3, -0.25) is 4.79 Å². The molecule has 0 bridgehead atoms. The number of amides is 1. The number of hydrazine groups is 2. The van der Waals surface area contributed by atoms with E-state index in [4.69, 9.17) is 5.73 Å². The lowest BCUT2D eigenvalue weighted by atomic mass is 10.7. The Kier molecular flexibility index (Phi) is 1.60. The van der Waals surface area contributed by atoms with Gasteiger partial charge in [-0.2, -0.15) is 8.42 Å². The van der Waals surface area contributed by atoms with E-state index in [-0.39, 0.29) is 6.54 Å². The molecule has 8 heteroatoms. The van der Waals surface area contributed by atoms with Crippen LogP contribution in [0, 0.1) is 0 Å². The highest BCUT2D eigenvalue weighted by atomic mass is 32.2. The second-order valence-electron chi connectivity index (χ2n) is 1.66. The SMILES string of the molecule is NC(=O)CNN1NS1(=O)=O. The Morgan fingerprint density at radius 2 is 2.20 bits per heavy atom. The van der Waals surface area contributed by atoms with Crippen LogP contribution in [0.1, 0.15) is 0 Å². The van der Waals surface area contributed by atoms with Crippen molar-refractivity contribution in [2.24, 2.45) is 5.73 Å². The molecule has 0 aromatic carbocycles. The van der Waals surface area contributed by atoms with Crippen LogP contribution in [0.3, 0.4) is 0 Å². The van der Waals surface area contributed by atoms with Gasteiger partial charge in [-0.15, -0.1) is 4.83 Å². The van der Waals surface area contributed by atoms with Crippen molar-refractivity contribution < 1.29 is 13.2 Å². The lowest BCUT2D eigenvalue weighted by Gasteiger charge is -1.92. The van der Waals surface area contributed by atoms with Gasteiger partial charge in [-0.1, -0.05) is 0 Å². The van der Waals surface area contributed by atoms with E-state index in [1.54, 1.807) is 0 Å². The highest BCUT2D eigenvalue weighted by Gasteiger charge is 2.39. The molecule has 1 aliphatic heterocycles. The lowest BCUT2D eigenvalue weighted by Crippen LogP contribution is -2.33. The van der Waals surface area contributed by atoms with Gasteiger partial charge < -0.3 is 5.73 Å². The Morgan fingerprint density at radius 3 is 2.50 bits per heavy atom. The molecule has 0 aromatic heterocycles. The number of hydrogen-bond donors (Lipinski definition) is 3. The molecule has 1 unspecified atom stereocenters. The minimum absolute atomic E-state index is 0.202. The van der Waals surface area contributed by atoms with Crippen LogP contribution in [0.4, 0.5) is 0 Å². The number of carbonyl (C=O) groups is 1. The third-order valence-corrected chi connectivity index (χ3v) is 1.74. The number of primary amides is 1. The van der Waals surface area contributed by atoms with Crippen LogP contribution in [-0.4, -0.2) is 25.4 Å². The Bertz CT molecular complexity index is 245. The fourth-order valence-corrected chi connectivity index (χ4v) is 1.01. The maximum Gasteiger partial charge on any atom is 0.321 e. The summed E-state index contributed by atoms with van der Waals surface area (Å²) in [6.07, 6.45) is 0. The van der Waals surface area contributed by atoms with Crippen molar-refractivity contribution in [3.63, 3.8) is 0 Å². The summed E-state index contributed by atoms with van der Waals surface area (Å²) in [5, 5.41) is 0. The fraction of sp³-hybridized carbons (Fsp3) is 0.500. The molecule has 1 amide bonds. The summed E-state index contributed by atoms with van der Waals surface area (Å²) in [5.41, 5.74) is 6.91. The van der Waals surface area contributed by atoms with E-state index in [0.717, 1.165) is 0 Å². The largest absolute Gasteiger partial charge is 0.369 e. The summed E-state index contributed by atoms with van der Waals surface area (Å²) in [4.78, 5) is 12.0. The fourth-order valence-electron chi connectivity index (χ4n) is 0.355. The summed E-state index contributed by atoms with van der Waals surface area (Å²) in [7, 11) is -3.29. The lowest BCUT2D eigenvalue weighted by molar-refractivity contribution is -0.117. The minimum Gasteiger partial charge on any atom is -0.369 e. The van der Waals surface area contributed by atoms with Crippen LogP contribution >= 0.6 is 0 Å². The molecule has 7 nitrogen and oxygen atoms in total. The van der Waals surface area contributed by atoms with Gasteiger partial charge in [-0.05, 0) is 4.52 Å².